The van der Waals surface area contributed by atoms with Gasteiger partial charge in [-0.15, -0.1) is 0 Å². The molecule has 0 fully saturated rings. The number of hydrogen-bond donors (Lipinski definition) is 1. The molecule has 106 valence electrons. The molecule has 1 unspecified atom stereocenters. The molecule has 3 nitrogen and oxygen atoms in total. The Kier molecular flexibility index (Phi) is 4.74. The van der Waals surface area contributed by atoms with Crippen molar-refractivity contribution in [3.05, 3.63) is 53.9 Å². The van der Waals surface area contributed by atoms with Crippen molar-refractivity contribution in [2.45, 2.75) is 39.2 Å². The first-order chi connectivity index (χ1) is 9.61. The fraction of sp³-hybridized carbons (Fsp3) is 0.353. The highest BCUT2D eigenvalue weighted by atomic mass is 16.5. The predicted octanol–water partition coefficient (Wildman–Crippen LogP) is 4.41. The maximum Gasteiger partial charge on any atom is 0.145 e. The minimum Gasteiger partial charge on any atom is -0.455 e. The Morgan fingerprint density at radius 3 is 2.50 bits per heavy atom. The molecule has 0 radical (unpaired) electrons. The Bertz CT molecular complexity index is 549. The monoisotopic (exact) mass is 270 g/mol. The van der Waals surface area contributed by atoms with Crippen LogP contribution in [0.1, 0.15) is 50.4 Å². The summed E-state index contributed by atoms with van der Waals surface area (Å²) in [6.07, 6.45) is 2.81. The summed E-state index contributed by atoms with van der Waals surface area (Å²) < 4.78 is 5.96. The summed E-state index contributed by atoms with van der Waals surface area (Å²) in [4.78, 5) is 4.32. The first-order valence-electron chi connectivity index (χ1n) is 7.10. The Labute approximate surface area is 120 Å². The van der Waals surface area contributed by atoms with Crippen LogP contribution in [0.15, 0.2) is 42.6 Å². The lowest BCUT2D eigenvalue weighted by molar-refractivity contribution is 0.467. The van der Waals surface area contributed by atoms with Crippen LogP contribution in [0.25, 0.3) is 0 Å². The summed E-state index contributed by atoms with van der Waals surface area (Å²) in [5.74, 6) is 2.12. The van der Waals surface area contributed by atoms with Crippen molar-refractivity contribution in [1.82, 2.24) is 4.98 Å². The molecule has 2 aromatic rings. The molecule has 0 saturated carbocycles. The third-order valence-electron chi connectivity index (χ3n) is 3.52. The minimum absolute atomic E-state index is 0.0588. The van der Waals surface area contributed by atoms with E-state index >= 15 is 0 Å². The van der Waals surface area contributed by atoms with E-state index in [1.165, 1.54) is 5.56 Å². The van der Waals surface area contributed by atoms with Gasteiger partial charge in [-0.3, -0.25) is 4.98 Å². The van der Waals surface area contributed by atoms with Gasteiger partial charge >= 0.3 is 0 Å². The summed E-state index contributed by atoms with van der Waals surface area (Å²) in [5, 5.41) is 0. The maximum absolute atomic E-state index is 5.96. The standard InChI is InChI=1S/C17H22N2O/c1-4-12(2)15-7-5-6-8-17(15)20-14-9-10-16(13(3)18)19-11-14/h5-13H,4,18H2,1-3H3/t12?,13-/m0/s1. The molecule has 3 heteroatoms. The highest BCUT2D eigenvalue weighted by molar-refractivity contribution is 5.39. The van der Waals surface area contributed by atoms with Gasteiger partial charge in [-0.25, -0.2) is 0 Å². The van der Waals surface area contributed by atoms with Gasteiger partial charge in [-0.1, -0.05) is 32.0 Å². The van der Waals surface area contributed by atoms with Crippen LogP contribution in [0.2, 0.25) is 0 Å². The van der Waals surface area contributed by atoms with Crippen molar-refractivity contribution in [2.75, 3.05) is 0 Å². The topological polar surface area (TPSA) is 48.1 Å². The van der Waals surface area contributed by atoms with E-state index in [9.17, 15) is 0 Å². The largest absolute Gasteiger partial charge is 0.455 e. The number of nitrogens with zero attached hydrogens (tertiary/aromatic N) is 1. The lowest BCUT2D eigenvalue weighted by Gasteiger charge is -2.15. The van der Waals surface area contributed by atoms with E-state index in [0.717, 1.165) is 23.6 Å². The summed E-state index contributed by atoms with van der Waals surface area (Å²) >= 11 is 0. The van der Waals surface area contributed by atoms with Gasteiger partial charge in [-0.05, 0) is 43.0 Å². The van der Waals surface area contributed by atoms with Gasteiger partial charge in [0.25, 0.3) is 0 Å². The van der Waals surface area contributed by atoms with E-state index in [1.54, 1.807) is 6.20 Å². The SMILES string of the molecule is CCC(C)c1ccccc1Oc1ccc([C@H](C)N)nc1. The van der Waals surface area contributed by atoms with E-state index in [1.807, 2.05) is 37.3 Å². The maximum atomic E-state index is 5.96. The Morgan fingerprint density at radius 2 is 1.90 bits per heavy atom. The summed E-state index contributed by atoms with van der Waals surface area (Å²) in [6, 6.07) is 11.9. The number of aromatic nitrogens is 1. The first-order valence-corrected chi connectivity index (χ1v) is 7.10. The molecule has 0 saturated heterocycles. The average molecular weight is 270 g/mol. The molecule has 2 atom stereocenters. The molecule has 0 aliphatic rings. The third kappa shape index (κ3) is 3.36. The number of benzene rings is 1. The van der Waals surface area contributed by atoms with Crippen molar-refractivity contribution in [2.24, 2.45) is 5.73 Å². The number of ether oxygens (including phenoxy) is 1. The second-order valence-corrected chi connectivity index (χ2v) is 5.16. The van der Waals surface area contributed by atoms with Crippen LogP contribution in [-0.4, -0.2) is 4.98 Å². The molecule has 0 aliphatic heterocycles. The molecule has 0 spiro atoms. The van der Waals surface area contributed by atoms with E-state index in [0.29, 0.717) is 5.92 Å². The van der Waals surface area contributed by atoms with Crippen LogP contribution in [0.4, 0.5) is 0 Å². The van der Waals surface area contributed by atoms with E-state index in [-0.39, 0.29) is 6.04 Å². The highest BCUT2D eigenvalue weighted by Gasteiger charge is 2.10. The zero-order chi connectivity index (χ0) is 14.5. The predicted molar refractivity (Wildman–Crippen MR) is 82.1 cm³/mol. The fourth-order valence-corrected chi connectivity index (χ4v) is 2.05. The smallest absolute Gasteiger partial charge is 0.145 e. The second kappa shape index (κ2) is 6.53. The highest BCUT2D eigenvalue weighted by Crippen LogP contribution is 2.31. The van der Waals surface area contributed by atoms with Crippen LogP contribution < -0.4 is 10.5 Å². The number of hydrogen-bond acceptors (Lipinski definition) is 3. The second-order valence-electron chi connectivity index (χ2n) is 5.16. The summed E-state index contributed by atoms with van der Waals surface area (Å²) in [7, 11) is 0. The molecule has 20 heavy (non-hydrogen) atoms. The minimum atomic E-state index is -0.0588. The lowest BCUT2D eigenvalue weighted by Crippen LogP contribution is -2.06. The van der Waals surface area contributed by atoms with Crippen molar-refractivity contribution in [3.63, 3.8) is 0 Å². The Balaban J connectivity index is 2.21. The van der Waals surface area contributed by atoms with Crippen LogP contribution in [-0.2, 0) is 0 Å². The molecule has 1 heterocycles. The van der Waals surface area contributed by atoms with Crippen LogP contribution in [0, 0.1) is 0 Å². The zero-order valence-corrected chi connectivity index (χ0v) is 12.3. The zero-order valence-electron chi connectivity index (χ0n) is 12.3. The number of pyridine rings is 1. The van der Waals surface area contributed by atoms with Gasteiger partial charge in [0.1, 0.15) is 11.5 Å². The third-order valence-corrected chi connectivity index (χ3v) is 3.52. The van der Waals surface area contributed by atoms with Crippen molar-refractivity contribution in [1.29, 1.82) is 0 Å². The molecule has 2 rings (SSSR count). The van der Waals surface area contributed by atoms with Gasteiger partial charge in [-0.2, -0.15) is 0 Å². The fourth-order valence-electron chi connectivity index (χ4n) is 2.05. The lowest BCUT2D eigenvalue weighted by atomic mass is 9.98. The number of para-hydroxylation sites is 1. The summed E-state index contributed by atoms with van der Waals surface area (Å²) in [5.41, 5.74) is 7.89. The van der Waals surface area contributed by atoms with Gasteiger partial charge < -0.3 is 10.5 Å². The Morgan fingerprint density at radius 1 is 1.15 bits per heavy atom. The number of nitrogens with two attached hydrogens (primary N) is 1. The number of rotatable bonds is 5. The molecule has 1 aromatic heterocycles. The molecule has 0 aliphatic carbocycles. The average Bonchev–Trinajstić information content (AvgIpc) is 2.47. The van der Waals surface area contributed by atoms with Gasteiger partial charge in [0.15, 0.2) is 0 Å². The van der Waals surface area contributed by atoms with E-state index in [4.69, 9.17) is 10.5 Å². The molecule has 0 bridgehead atoms. The van der Waals surface area contributed by atoms with Gasteiger partial charge in [0.2, 0.25) is 0 Å². The van der Waals surface area contributed by atoms with E-state index in [2.05, 4.69) is 24.9 Å². The van der Waals surface area contributed by atoms with Crippen LogP contribution in [0.5, 0.6) is 11.5 Å². The summed E-state index contributed by atoms with van der Waals surface area (Å²) in [6.45, 7) is 6.31. The normalized spacial score (nSPS) is 13.8. The molecular weight excluding hydrogens is 248 g/mol. The molecule has 0 amide bonds. The van der Waals surface area contributed by atoms with Crippen molar-refractivity contribution < 1.29 is 4.74 Å². The van der Waals surface area contributed by atoms with Gasteiger partial charge in [0.05, 0.1) is 11.9 Å². The first kappa shape index (κ1) is 14.5. The molecule has 1 aromatic carbocycles. The Hall–Kier alpha value is -1.87. The molecular formula is C17H22N2O. The van der Waals surface area contributed by atoms with Crippen molar-refractivity contribution >= 4 is 0 Å². The van der Waals surface area contributed by atoms with Crippen LogP contribution in [0.3, 0.4) is 0 Å². The van der Waals surface area contributed by atoms with Gasteiger partial charge in [0, 0.05) is 6.04 Å². The van der Waals surface area contributed by atoms with Crippen LogP contribution >= 0.6 is 0 Å². The van der Waals surface area contributed by atoms with Crippen molar-refractivity contribution in [3.8, 4) is 11.5 Å². The van der Waals surface area contributed by atoms with E-state index < -0.39 is 0 Å². The molecule has 2 N–H and O–H groups in total. The quantitative estimate of drug-likeness (QED) is 0.875.